The van der Waals surface area contributed by atoms with Crippen molar-refractivity contribution in [2.75, 3.05) is 0 Å². The minimum absolute atomic E-state index is 0.262. The van der Waals surface area contributed by atoms with E-state index in [4.69, 9.17) is 4.84 Å². The van der Waals surface area contributed by atoms with E-state index in [0.717, 1.165) is 10.4 Å². The Hall–Kier alpha value is -1.91. The van der Waals surface area contributed by atoms with Crippen LogP contribution in [-0.2, 0) is 16.2 Å². The third-order valence-electron chi connectivity index (χ3n) is 2.41. The molecule has 0 radical (unpaired) electrons. The maximum atomic E-state index is 11.5. The van der Waals surface area contributed by atoms with Crippen molar-refractivity contribution in [3.8, 4) is 0 Å². The number of amides is 1. The Balaban J connectivity index is 1.74. The predicted molar refractivity (Wildman–Crippen MR) is 77.5 cm³/mol. The molecule has 19 heavy (non-hydrogen) atoms. The molecule has 0 atom stereocenters. The summed E-state index contributed by atoms with van der Waals surface area (Å²) >= 11 is 1.64. The zero-order valence-corrected chi connectivity index (χ0v) is 11.4. The van der Waals surface area contributed by atoms with Crippen molar-refractivity contribution >= 4 is 23.3 Å². The highest BCUT2D eigenvalue weighted by molar-refractivity contribution is 7.12. The summed E-state index contributed by atoms with van der Waals surface area (Å²) in [7, 11) is 0. The van der Waals surface area contributed by atoms with Crippen LogP contribution in [0, 0.1) is 6.92 Å². The summed E-state index contributed by atoms with van der Waals surface area (Å²) in [5.74, 6) is -0.262. The molecule has 0 fully saturated rings. The molecular formula is C15H15NO2S. The van der Waals surface area contributed by atoms with E-state index in [1.807, 2.05) is 49.4 Å². The van der Waals surface area contributed by atoms with Gasteiger partial charge in [-0.1, -0.05) is 30.3 Å². The van der Waals surface area contributed by atoms with Gasteiger partial charge in [-0.25, -0.2) is 5.48 Å². The summed E-state index contributed by atoms with van der Waals surface area (Å²) in [6, 6.07) is 13.7. The van der Waals surface area contributed by atoms with Crippen LogP contribution in [0.15, 0.2) is 48.5 Å². The largest absolute Gasteiger partial charge is 0.269 e. The lowest BCUT2D eigenvalue weighted by Crippen LogP contribution is -2.21. The van der Waals surface area contributed by atoms with Crippen molar-refractivity contribution in [3.63, 3.8) is 0 Å². The van der Waals surface area contributed by atoms with Gasteiger partial charge in [0.15, 0.2) is 0 Å². The van der Waals surface area contributed by atoms with Gasteiger partial charge < -0.3 is 0 Å². The van der Waals surface area contributed by atoms with Crippen LogP contribution in [0.4, 0.5) is 0 Å². The lowest BCUT2D eigenvalue weighted by molar-refractivity contribution is -0.129. The molecule has 1 heterocycles. The molecule has 3 nitrogen and oxygen atoms in total. The molecular weight excluding hydrogens is 258 g/mol. The highest BCUT2D eigenvalue weighted by Crippen LogP contribution is 2.16. The summed E-state index contributed by atoms with van der Waals surface area (Å²) in [6.07, 6.45) is 3.25. The third-order valence-corrected chi connectivity index (χ3v) is 3.38. The molecule has 0 aliphatic rings. The molecule has 0 unspecified atom stereocenters. The zero-order valence-electron chi connectivity index (χ0n) is 10.6. The number of carbonyl (C=O) groups excluding carboxylic acids is 1. The van der Waals surface area contributed by atoms with E-state index in [0.29, 0.717) is 6.61 Å². The fraction of sp³-hybridized carbons (Fsp3) is 0.133. The molecule has 98 valence electrons. The Bertz CT molecular complexity index is 561. The lowest BCUT2D eigenvalue weighted by Gasteiger charge is -2.03. The molecule has 0 aliphatic carbocycles. The maximum absolute atomic E-state index is 11.5. The summed E-state index contributed by atoms with van der Waals surface area (Å²) in [5, 5.41) is 0. The van der Waals surface area contributed by atoms with E-state index in [9.17, 15) is 4.79 Å². The number of benzene rings is 1. The van der Waals surface area contributed by atoms with Gasteiger partial charge in [0.2, 0.25) is 0 Å². The number of nitrogens with one attached hydrogen (secondary N) is 1. The first-order valence-electron chi connectivity index (χ1n) is 5.94. The molecule has 0 spiro atoms. The van der Waals surface area contributed by atoms with E-state index in [1.165, 1.54) is 11.0 Å². The van der Waals surface area contributed by atoms with Crippen molar-refractivity contribution in [3.05, 3.63) is 63.9 Å². The van der Waals surface area contributed by atoms with Gasteiger partial charge in [0.1, 0.15) is 0 Å². The van der Waals surface area contributed by atoms with Crippen LogP contribution in [0.5, 0.6) is 0 Å². The Labute approximate surface area is 116 Å². The number of aryl methyl sites for hydroxylation is 1. The predicted octanol–water partition coefficient (Wildman–Crippen LogP) is 3.32. The molecule has 0 bridgehead atoms. The second-order valence-corrected chi connectivity index (χ2v) is 5.34. The van der Waals surface area contributed by atoms with Crippen molar-refractivity contribution in [2.24, 2.45) is 0 Å². The second-order valence-electron chi connectivity index (χ2n) is 4.02. The molecule has 1 N–H and O–H groups in total. The minimum Gasteiger partial charge on any atom is -0.269 e. The van der Waals surface area contributed by atoms with E-state index < -0.39 is 0 Å². The molecule has 0 saturated heterocycles. The Kier molecular flexibility index (Phi) is 4.89. The Morgan fingerprint density at radius 1 is 1.26 bits per heavy atom. The standard InChI is InChI=1S/C15H15NO2S/c1-12-7-8-14(19-12)9-10-15(17)16-18-11-13-5-3-2-4-6-13/h2-10H,11H2,1H3,(H,16,17). The Morgan fingerprint density at radius 2 is 2.05 bits per heavy atom. The van der Waals surface area contributed by atoms with Crippen LogP contribution < -0.4 is 5.48 Å². The lowest BCUT2D eigenvalue weighted by atomic mass is 10.2. The monoisotopic (exact) mass is 273 g/mol. The average Bonchev–Trinajstić information content (AvgIpc) is 2.83. The number of thiophene rings is 1. The zero-order chi connectivity index (χ0) is 13.5. The molecule has 2 rings (SSSR count). The van der Waals surface area contributed by atoms with Crippen LogP contribution in [0.25, 0.3) is 6.08 Å². The average molecular weight is 273 g/mol. The number of hydrogen-bond acceptors (Lipinski definition) is 3. The normalized spacial score (nSPS) is 10.8. The number of carbonyl (C=O) groups is 1. The van der Waals surface area contributed by atoms with Crippen LogP contribution in [0.1, 0.15) is 15.3 Å². The SMILES string of the molecule is Cc1ccc(C=CC(=O)NOCc2ccccc2)s1. The topological polar surface area (TPSA) is 38.3 Å². The van der Waals surface area contributed by atoms with Gasteiger partial charge in [-0.15, -0.1) is 11.3 Å². The molecule has 1 aromatic heterocycles. The van der Waals surface area contributed by atoms with E-state index >= 15 is 0 Å². The first kappa shape index (κ1) is 13.5. The maximum Gasteiger partial charge on any atom is 0.267 e. The van der Waals surface area contributed by atoms with Crippen molar-refractivity contribution in [2.45, 2.75) is 13.5 Å². The van der Waals surface area contributed by atoms with Crippen LogP contribution >= 0.6 is 11.3 Å². The van der Waals surface area contributed by atoms with Crippen LogP contribution in [0.2, 0.25) is 0 Å². The fourth-order valence-corrected chi connectivity index (χ4v) is 2.28. The smallest absolute Gasteiger partial charge is 0.267 e. The van der Waals surface area contributed by atoms with E-state index in [-0.39, 0.29) is 5.91 Å². The van der Waals surface area contributed by atoms with Gasteiger partial charge in [0, 0.05) is 15.8 Å². The van der Waals surface area contributed by atoms with Crippen LogP contribution in [-0.4, -0.2) is 5.91 Å². The van der Waals surface area contributed by atoms with Gasteiger partial charge in [-0.05, 0) is 30.7 Å². The third kappa shape index (κ3) is 4.69. The molecule has 1 aromatic carbocycles. The molecule has 1 amide bonds. The van der Waals surface area contributed by atoms with Gasteiger partial charge in [-0.2, -0.15) is 0 Å². The molecule has 0 saturated carbocycles. The van der Waals surface area contributed by atoms with Crippen molar-refractivity contribution in [1.82, 2.24) is 5.48 Å². The van der Waals surface area contributed by atoms with E-state index in [1.54, 1.807) is 17.4 Å². The summed E-state index contributed by atoms with van der Waals surface area (Å²) in [4.78, 5) is 18.9. The van der Waals surface area contributed by atoms with Gasteiger partial charge in [-0.3, -0.25) is 9.63 Å². The summed E-state index contributed by atoms with van der Waals surface area (Å²) in [5.41, 5.74) is 3.40. The first-order valence-corrected chi connectivity index (χ1v) is 6.76. The van der Waals surface area contributed by atoms with Gasteiger partial charge >= 0.3 is 0 Å². The number of rotatable bonds is 5. The fourth-order valence-electron chi connectivity index (χ4n) is 1.50. The first-order chi connectivity index (χ1) is 9.24. The van der Waals surface area contributed by atoms with Gasteiger partial charge in [0.05, 0.1) is 6.61 Å². The number of hydroxylamine groups is 1. The van der Waals surface area contributed by atoms with Crippen molar-refractivity contribution < 1.29 is 9.63 Å². The minimum atomic E-state index is -0.262. The Morgan fingerprint density at radius 3 is 2.74 bits per heavy atom. The van der Waals surface area contributed by atoms with Crippen molar-refractivity contribution in [1.29, 1.82) is 0 Å². The highest BCUT2D eigenvalue weighted by atomic mass is 32.1. The van der Waals surface area contributed by atoms with E-state index in [2.05, 4.69) is 5.48 Å². The van der Waals surface area contributed by atoms with Crippen LogP contribution in [0.3, 0.4) is 0 Å². The molecule has 0 aliphatic heterocycles. The quantitative estimate of drug-likeness (QED) is 0.670. The molecule has 4 heteroatoms. The summed E-state index contributed by atoms with van der Waals surface area (Å²) in [6.45, 7) is 2.39. The highest BCUT2D eigenvalue weighted by Gasteiger charge is 1.97. The second kappa shape index (κ2) is 6.87. The summed E-state index contributed by atoms with van der Waals surface area (Å²) < 4.78 is 0. The molecule has 2 aromatic rings. The van der Waals surface area contributed by atoms with Gasteiger partial charge in [0.25, 0.3) is 5.91 Å². The number of hydrogen-bond donors (Lipinski definition) is 1.